The lowest BCUT2D eigenvalue weighted by molar-refractivity contribution is -0.137. The molecule has 156 valence electrons. The van der Waals surface area contributed by atoms with Gasteiger partial charge in [0.05, 0.1) is 22.2 Å². The Labute approximate surface area is 167 Å². The summed E-state index contributed by atoms with van der Waals surface area (Å²) < 4.78 is 41.1. The Kier molecular flexibility index (Phi) is 4.28. The quantitative estimate of drug-likeness (QED) is 0.352. The molecule has 30 heavy (non-hydrogen) atoms. The van der Waals surface area contributed by atoms with Gasteiger partial charge in [-0.3, -0.25) is 0 Å². The zero-order chi connectivity index (χ0) is 20.9. The molecule has 0 unspecified atom stereocenters. The average molecular weight is 417 g/mol. The highest BCUT2D eigenvalue weighted by molar-refractivity contribution is 6.08. The number of hydrogen-bond donors (Lipinski definition) is 5. The number of nitrogens with one attached hydrogen (secondary N) is 5. The molecule has 11 heteroatoms. The van der Waals surface area contributed by atoms with Crippen molar-refractivity contribution in [2.75, 3.05) is 18.4 Å². The number of benzene rings is 1. The molecule has 0 spiro atoms. The molecule has 4 heterocycles. The largest absolute Gasteiger partial charge is 0.419 e. The van der Waals surface area contributed by atoms with Gasteiger partial charge in [0.25, 0.3) is 0 Å². The number of anilines is 1. The minimum absolute atomic E-state index is 0.0517. The van der Waals surface area contributed by atoms with E-state index in [1.165, 1.54) is 6.20 Å². The fourth-order valence-corrected chi connectivity index (χ4v) is 3.92. The normalized spacial score (nSPS) is 17.6. The summed E-state index contributed by atoms with van der Waals surface area (Å²) in [5.41, 5.74) is 0.349. The highest BCUT2D eigenvalue weighted by Crippen LogP contribution is 2.39. The molecule has 0 bridgehead atoms. The Morgan fingerprint density at radius 1 is 1.17 bits per heavy atom. The number of piperidine rings is 1. The van der Waals surface area contributed by atoms with Crippen molar-refractivity contribution in [1.29, 1.82) is 0 Å². The van der Waals surface area contributed by atoms with Gasteiger partial charge in [-0.25, -0.2) is 14.8 Å². The molecule has 1 aliphatic heterocycles. The number of H-pyrrole nitrogens is 3. The summed E-state index contributed by atoms with van der Waals surface area (Å²) in [6.07, 6.45) is -0.469. The average Bonchev–Trinajstić information content (AvgIpc) is 3.30. The maximum absolute atomic E-state index is 13.7. The summed E-state index contributed by atoms with van der Waals surface area (Å²) in [4.78, 5) is 28.0. The lowest BCUT2D eigenvalue weighted by Gasteiger charge is -2.24. The van der Waals surface area contributed by atoms with Crippen molar-refractivity contribution in [3.05, 3.63) is 40.6 Å². The van der Waals surface area contributed by atoms with Gasteiger partial charge in [0, 0.05) is 35.9 Å². The lowest BCUT2D eigenvalue weighted by atomic mass is 10.1. The molecule has 0 aliphatic carbocycles. The molecule has 1 atom stereocenters. The first-order chi connectivity index (χ1) is 14.4. The van der Waals surface area contributed by atoms with Crippen LogP contribution in [0.4, 0.5) is 19.1 Å². The van der Waals surface area contributed by atoms with Crippen molar-refractivity contribution in [1.82, 2.24) is 30.2 Å². The van der Waals surface area contributed by atoms with Gasteiger partial charge in [-0.05, 0) is 31.5 Å². The minimum Gasteiger partial charge on any atom is -0.359 e. The van der Waals surface area contributed by atoms with Gasteiger partial charge in [-0.15, -0.1) is 0 Å². The van der Waals surface area contributed by atoms with E-state index in [2.05, 4.69) is 35.6 Å². The SMILES string of the molecule is O=c1[nH]c2ccc3c(-c4nc(N[C@H]5CCCNC5)ncc4C(F)(F)F)c[nH]c3c2[nH]1. The topological polar surface area (TPSA) is 114 Å². The fourth-order valence-electron chi connectivity index (χ4n) is 3.92. The lowest BCUT2D eigenvalue weighted by Crippen LogP contribution is -2.38. The molecule has 1 fully saturated rings. The molecular formula is C19H18F3N7O. The number of hydrogen-bond acceptors (Lipinski definition) is 5. The third-order valence-corrected chi connectivity index (χ3v) is 5.32. The Morgan fingerprint density at radius 3 is 2.80 bits per heavy atom. The number of imidazole rings is 1. The first-order valence-electron chi connectivity index (χ1n) is 9.54. The number of fused-ring (bicyclic) bond motifs is 3. The number of aromatic nitrogens is 5. The van der Waals surface area contributed by atoms with Crippen LogP contribution in [0.25, 0.3) is 33.2 Å². The highest BCUT2D eigenvalue weighted by Gasteiger charge is 2.36. The maximum atomic E-state index is 13.7. The molecule has 0 amide bonds. The molecule has 5 rings (SSSR count). The van der Waals surface area contributed by atoms with Crippen LogP contribution in [-0.4, -0.2) is 44.1 Å². The van der Waals surface area contributed by atoms with Crippen LogP contribution in [0.15, 0.2) is 29.3 Å². The van der Waals surface area contributed by atoms with E-state index in [4.69, 9.17) is 0 Å². The molecule has 1 saturated heterocycles. The van der Waals surface area contributed by atoms with Crippen molar-refractivity contribution in [3.8, 4) is 11.3 Å². The number of halogens is 3. The van der Waals surface area contributed by atoms with Crippen LogP contribution in [0.3, 0.4) is 0 Å². The zero-order valence-electron chi connectivity index (χ0n) is 15.7. The van der Waals surface area contributed by atoms with Crippen molar-refractivity contribution < 1.29 is 13.2 Å². The molecule has 0 radical (unpaired) electrons. The van der Waals surface area contributed by atoms with E-state index in [1.807, 2.05) is 0 Å². The van der Waals surface area contributed by atoms with Crippen molar-refractivity contribution in [2.24, 2.45) is 0 Å². The Hall–Kier alpha value is -3.34. The van der Waals surface area contributed by atoms with E-state index >= 15 is 0 Å². The summed E-state index contributed by atoms with van der Waals surface area (Å²) in [5.74, 6) is 0.150. The molecule has 1 aromatic carbocycles. The molecule has 5 N–H and O–H groups in total. The van der Waals surface area contributed by atoms with Crippen LogP contribution in [0, 0.1) is 0 Å². The predicted molar refractivity (Wildman–Crippen MR) is 106 cm³/mol. The number of nitrogens with zero attached hydrogens (tertiary/aromatic N) is 2. The third-order valence-electron chi connectivity index (χ3n) is 5.32. The second-order valence-corrected chi connectivity index (χ2v) is 7.33. The van der Waals surface area contributed by atoms with Gasteiger partial charge in [0.2, 0.25) is 5.95 Å². The first kappa shape index (κ1) is 18.7. The molecule has 0 saturated carbocycles. The second kappa shape index (κ2) is 6.87. The molecule has 3 aromatic heterocycles. The number of rotatable bonds is 3. The van der Waals surface area contributed by atoms with Gasteiger partial charge in [-0.2, -0.15) is 13.2 Å². The van der Waals surface area contributed by atoms with Crippen LogP contribution < -0.4 is 16.3 Å². The van der Waals surface area contributed by atoms with Crippen molar-refractivity contribution >= 4 is 27.9 Å². The van der Waals surface area contributed by atoms with E-state index < -0.39 is 11.7 Å². The molecular weight excluding hydrogens is 399 g/mol. The van der Waals surface area contributed by atoms with Gasteiger partial charge >= 0.3 is 11.9 Å². The van der Waals surface area contributed by atoms with E-state index in [1.54, 1.807) is 12.1 Å². The first-order valence-corrected chi connectivity index (χ1v) is 9.54. The summed E-state index contributed by atoms with van der Waals surface area (Å²) in [7, 11) is 0. The van der Waals surface area contributed by atoms with Crippen LogP contribution in [0.1, 0.15) is 18.4 Å². The van der Waals surface area contributed by atoms with Crippen LogP contribution >= 0.6 is 0 Å². The third kappa shape index (κ3) is 3.20. The second-order valence-electron chi connectivity index (χ2n) is 7.33. The van der Waals surface area contributed by atoms with Crippen molar-refractivity contribution in [3.63, 3.8) is 0 Å². The summed E-state index contributed by atoms with van der Waals surface area (Å²) >= 11 is 0. The van der Waals surface area contributed by atoms with Crippen LogP contribution in [0.5, 0.6) is 0 Å². The van der Waals surface area contributed by atoms with Gasteiger partial charge in [0.1, 0.15) is 5.56 Å². The Morgan fingerprint density at radius 2 is 2.03 bits per heavy atom. The van der Waals surface area contributed by atoms with E-state index in [-0.39, 0.29) is 28.9 Å². The Bertz CT molecular complexity index is 1280. The summed E-state index contributed by atoms with van der Waals surface area (Å²) in [6, 6.07) is 3.36. The van der Waals surface area contributed by atoms with Gasteiger partial charge in [0.15, 0.2) is 0 Å². The standard InChI is InChI=1S/C19H18F3N7O/c20-19(21,22)12-8-25-17(26-9-2-1-5-23-6-9)28-14(12)11-7-24-15-10(11)3-4-13-16(15)29-18(30)27-13/h3-4,7-9,23-24H,1-2,5-6H2,(H,25,26,28)(H2,27,29,30)/t9-/m0/s1. The van der Waals surface area contributed by atoms with Crippen molar-refractivity contribution in [2.45, 2.75) is 25.1 Å². The fraction of sp³-hybridized carbons (Fsp3) is 0.316. The summed E-state index contributed by atoms with van der Waals surface area (Å²) in [6.45, 7) is 1.62. The highest BCUT2D eigenvalue weighted by atomic mass is 19.4. The predicted octanol–water partition coefficient (Wildman–Crippen LogP) is 2.98. The van der Waals surface area contributed by atoms with Crippen LogP contribution in [0.2, 0.25) is 0 Å². The monoisotopic (exact) mass is 417 g/mol. The number of aromatic amines is 3. The summed E-state index contributed by atoms with van der Waals surface area (Å²) in [5, 5.41) is 6.89. The zero-order valence-corrected chi connectivity index (χ0v) is 15.7. The smallest absolute Gasteiger partial charge is 0.359 e. The molecule has 1 aliphatic rings. The van der Waals surface area contributed by atoms with Gasteiger partial charge < -0.3 is 25.6 Å². The maximum Gasteiger partial charge on any atom is 0.419 e. The molecule has 4 aromatic rings. The number of alkyl halides is 3. The van der Waals surface area contributed by atoms with E-state index in [0.717, 1.165) is 25.6 Å². The van der Waals surface area contributed by atoms with Crippen LogP contribution in [-0.2, 0) is 6.18 Å². The minimum atomic E-state index is -4.61. The Balaban J connectivity index is 1.65. The van der Waals surface area contributed by atoms with Gasteiger partial charge in [-0.1, -0.05) is 0 Å². The van der Waals surface area contributed by atoms with E-state index in [9.17, 15) is 18.0 Å². The molecule has 8 nitrogen and oxygen atoms in total. The van der Waals surface area contributed by atoms with E-state index in [0.29, 0.717) is 28.5 Å².